The van der Waals surface area contributed by atoms with E-state index in [1.54, 1.807) is 17.4 Å². The number of hydrogen-bond acceptors (Lipinski definition) is 6. The first-order valence-electron chi connectivity index (χ1n) is 11.2. The van der Waals surface area contributed by atoms with Crippen LogP contribution in [-0.2, 0) is 11.4 Å². The molecule has 0 radical (unpaired) electrons. The van der Waals surface area contributed by atoms with Crippen molar-refractivity contribution in [2.24, 2.45) is 5.92 Å². The molecule has 7 heteroatoms. The maximum Gasteiger partial charge on any atom is 0.244 e. The highest BCUT2D eigenvalue weighted by molar-refractivity contribution is 7.09. The maximum absolute atomic E-state index is 12.7. The molecule has 1 saturated carbocycles. The second kappa shape index (κ2) is 9.67. The molecule has 1 fully saturated rings. The number of ether oxygens (including phenoxy) is 3. The summed E-state index contributed by atoms with van der Waals surface area (Å²) >= 11 is 1.62. The van der Waals surface area contributed by atoms with E-state index in [1.165, 1.54) is 0 Å². The van der Waals surface area contributed by atoms with Gasteiger partial charge in [0, 0.05) is 11.5 Å². The quantitative estimate of drug-likeness (QED) is 0.473. The number of benzene rings is 2. The van der Waals surface area contributed by atoms with E-state index >= 15 is 0 Å². The summed E-state index contributed by atoms with van der Waals surface area (Å²) in [5, 5.41) is 6.21. The normalized spacial score (nSPS) is 15.9. The minimum Gasteiger partial charge on any atom is -0.487 e. The number of fused-ring (bicyclic) bond motifs is 1. The molecule has 5 rings (SSSR count). The van der Waals surface area contributed by atoms with Crippen LogP contribution in [0.2, 0.25) is 0 Å². The van der Waals surface area contributed by atoms with E-state index in [1.807, 2.05) is 60.8 Å². The highest BCUT2D eigenvalue weighted by atomic mass is 32.1. The number of amides is 1. The molecule has 1 atom stereocenters. The highest BCUT2D eigenvalue weighted by Gasteiger charge is 2.33. The van der Waals surface area contributed by atoms with Gasteiger partial charge in [-0.2, -0.15) is 0 Å². The first kappa shape index (κ1) is 21.5. The molecule has 1 unspecified atom stereocenters. The molecule has 6 nitrogen and oxygen atoms in total. The van der Waals surface area contributed by atoms with Crippen LogP contribution in [0.4, 0.5) is 0 Å². The molecule has 0 spiro atoms. The molecule has 170 valence electrons. The summed E-state index contributed by atoms with van der Waals surface area (Å²) < 4.78 is 17.1. The van der Waals surface area contributed by atoms with Gasteiger partial charge < -0.3 is 19.5 Å². The van der Waals surface area contributed by atoms with Crippen molar-refractivity contribution in [2.75, 3.05) is 13.2 Å². The predicted molar refractivity (Wildman–Crippen MR) is 128 cm³/mol. The number of rotatable bonds is 8. The van der Waals surface area contributed by atoms with Gasteiger partial charge in [-0.25, -0.2) is 4.98 Å². The van der Waals surface area contributed by atoms with Gasteiger partial charge in [0.05, 0.1) is 16.7 Å². The van der Waals surface area contributed by atoms with E-state index in [2.05, 4.69) is 10.3 Å². The molecule has 2 aliphatic rings. The lowest BCUT2D eigenvalue weighted by Gasteiger charge is -2.22. The second-order valence-corrected chi connectivity index (χ2v) is 9.34. The van der Waals surface area contributed by atoms with E-state index in [-0.39, 0.29) is 11.9 Å². The summed E-state index contributed by atoms with van der Waals surface area (Å²) in [5.41, 5.74) is 2.92. The Labute approximate surface area is 197 Å². The average Bonchev–Trinajstić information content (AvgIpc) is 3.60. The number of aryl methyl sites for hydroxylation is 1. The van der Waals surface area contributed by atoms with Gasteiger partial charge in [0.1, 0.15) is 25.6 Å². The van der Waals surface area contributed by atoms with E-state index in [0.29, 0.717) is 25.7 Å². The summed E-state index contributed by atoms with van der Waals surface area (Å²) in [4.78, 5) is 17.1. The second-order valence-electron chi connectivity index (χ2n) is 8.28. The van der Waals surface area contributed by atoms with Crippen LogP contribution < -0.4 is 19.5 Å². The Balaban J connectivity index is 1.18. The molecule has 1 aliphatic carbocycles. The van der Waals surface area contributed by atoms with Crippen molar-refractivity contribution >= 4 is 23.3 Å². The number of carbonyl (C=O) groups excluding carboxylic acids is 1. The minimum absolute atomic E-state index is 0.0249. The Morgan fingerprint density at radius 3 is 2.70 bits per heavy atom. The predicted octanol–water partition coefficient (Wildman–Crippen LogP) is 5.08. The van der Waals surface area contributed by atoms with Gasteiger partial charge in [0.25, 0.3) is 0 Å². The number of hydrogen-bond donors (Lipinski definition) is 1. The van der Waals surface area contributed by atoms with Gasteiger partial charge in [-0.1, -0.05) is 18.2 Å². The van der Waals surface area contributed by atoms with Crippen LogP contribution in [0.5, 0.6) is 17.2 Å². The van der Waals surface area contributed by atoms with Crippen LogP contribution in [0.25, 0.3) is 6.08 Å². The van der Waals surface area contributed by atoms with E-state index in [9.17, 15) is 4.79 Å². The van der Waals surface area contributed by atoms with Crippen LogP contribution in [0.15, 0.2) is 53.9 Å². The fraction of sp³-hybridized carbons (Fsp3) is 0.308. The molecule has 1 N–H and O–H groups in total. The third kappa shape index (κ3) is 5.54. The van der Waals surface area contributed by atoms with Crippen molar-refractivity contribution in [3.05, 3.63) is 75.7 Å². The van der Waals surface area contributed by atoms with Gasteiger partial charge in [-0.15, -0.1) is 11.3 Å². The third-order valence-electron chi connectivity index (χ3n) is 5.68. The smallest absolute Gasteiger partial charge is 0.244 e. The summed E-state index contributed by atoms with van der Waals surface area (Å²) in [5.74, 6) is 2.64. The number of aromatic nitrogens is 1. The zero-order valence-electron chi connectivity index (χ0n) is 18.5. The fourth-order valence-corrected chi connectivity index (χ4v) is 4.43. The van der Waals surface area contributed by atoms with Gasteiger partial charge in [-0.3, -0.25) is 4.79 Å². The van der Waals surface area contributed by atoms with Gasteiger partial charge in [0.2, 0.25) is 5.91 Å². The molecule has 0 bridgehead atoms. The van der Waals surface area contributed by atoms with Gasteiger partial charge in [0.15, 0.2) is 11.5 Å². The topological polar surface area (TPSA) is 69.7 Å². The maximum atomic E-state index is 12.7. The van der Waals surface area contributed by atoms with Crippen LogP contribution >= 0.6 is 11.3 Å². The summed E-state index contributed by atoms with van der Waals surface area (Å²) in [6.07, 6.45) is 5.63. The molecule has 33 heavy (non-hydrogen) atoms. The van der Waals surface area contributed by atoms with E-state index in [0.717, 1.165) is 51.9 Å². The standard InChI is InChI=1S/C26H26N2O4S/c1-17-27-21(16-33-17)15-32-22-8-2-18(3-9-22)4-11-25(29)28-26(19-5-6-19)20-7-10-23-24(14-20)31-13-12-30-23/h2-4,7-11,14,16,19,26H,5-6,12-13,15H2,1H3,(H,28,29)/b11-4+. The lowest BCUT2D eigenvalue weighted by Crippen LogP contribution is -2.28. The van der Waals surface area contributed by atoms with Crippen LogP contribution in [0.3, 0.4) is 0 Å². The number of thiazole rings is 1. The van der Waals surface area contributed by atoms with Crippen molar-refractivity contribution in [1.82, 2.24) is 10.3 Å². The minimum atomic E-state index is -0.110. The molecular formula is C26H26N2O4S. The van der Waals surface area contributed by atoms with Crippen LogP contribution in [0, 0.1) is 12.8 Å². The van der Waals surface area contributed by atoms with Crippen molar-refractivity contribution < 1.29 is 19.0 Å². The van der Waals surface area contributed by atoms with Crippen molar-refractivity contribution in [3.8, 4) is 17.2 Å². The zero-order valence-corrected chi connectivity index (χ0v) is 19.3. The lowest BCUT2D eigenvalue weighted by molar-refractivity contribution is -0.117. The molecule has 1 aromatic heterocycles. The molecule has 0 saturated heterocycles. The Kier molecular flexibility index (Phi) is 6.30. The Bertz CT molecular complexity index is 1150. The van der Waals surface area contributed by atoms with Crippen LogP contribution in [-0.4, -0.2) is 24.1 Å². The largest absolute Gasteiger partial charge is 0.487 e. The van der Waals surface area contributed by atoms with Crippen molar-refractivity contribution in [3.63, 3.8) is 0 Å². The fourth-order valence-electron chi connectivity index (χ4n) is 3.84. The van der Waals surface area contributed by atoms with E-state index < -0.39 is 0 Å². The molecule has 2 aromatic carbocycles. The molecule has 3 aromatic rings. The Morgan fingerprint density at radius 1 is 1.18 bits per heavy atom. The number of nitrogens with one attached hydrogen (secondary N) is 1. The van der Waals surface area contributed by atoms with Crippen molar-refractivity contribution in [2.45, 2.75) is 32.4 Å². The Hall–Kier alpha value is -3.32. The molecule has 1 amide bonds. The summed E-state index contributed by atoms with van der Waals surface area (Å²) in [6, 6.07) is 13.6. The first-order valence-corrected chi connectivity index (χ1v) is 12.0. The van der Waals surface area contributed by atoms with Crippen molar-refractivity contribution in [1.29, 1.82) is 0 Å². The van der Waals surface area contributed by atoms with Crippen LogP contribution in [0.1, 0.15) is 40.7 Å². The number of carbonyl (C=O) groups is 1. The monoisotopic (exact) mass is 462 g/mol. The molecule has 1 aliphatic heterocycles. The molecular weight excluding hydrogens is 436 g/mol. The zero-order chi connectivity index (χ0) is 22.6. The van der Waals surface area contributed by atoms with Gasteiger partial charge >= 0.3 is 0 Å². The first-order chi connectivity index (χ1) is 16.1. The highest BCUT2D eigenvalue weighted by Crippen LogP contribution is 2.43. The lowest BCUT2D eigenvalue weighted by atomic mass is 10.0. The third-order valence-corrected chi connectivity index (χ3v) is 6.50. The Morgan fingerprint density at radius 2 is 1.97 bits per heavy atom. The van der Waals surface area contributed by atoms with Gasteiger partial charge in [-0.05, 0) is 67.2 Å². The average molecular weight is 463 g/mol. The number of nitrogens with zero attached hydrogens (tertiary/aromatic N) is 1. The van der Waals surface area contributed by atoms with E-state index in [4.69, 9.17) is 14.2 Å². The summed E-state index contributed by atoms with van der Waals surface area (Å²) in [6.45, 7) is 3.55. The summed E-state index contributed by atoms with van der Waals surface area (Å²) in [7, 11) is 0. The SMILES string of the molecule is Cc1nc(COc2ccc(/C=C/C(=O)NC(c3ccc4c(c3)OCCO4)C3CC3)cc2)cs1. The molecule has 2 heterocycles.